The Hall–Kier alpha value is -1.42. The summed E-state index contributed by atoms with van der Waals surface area (Å²) in [5.74, 6) is -1.06. The number of fused-ring (bicyclic) bond motifs is 5. The lowest BCUT2D eigenvalue weighted by atomic mass is 9.78. The molecular formula is C19H10Br2FNO3S2. The normalized spacial score (nSPS) is 22.8. The molecule has 0 radical (unpaired) electrons. The molecule has 0 amide bonds. The number of benzene rings is 2. The average molecular weight is 543 g/mol. The lowest BCUT2D eigenvalue weighted by Gasteiger charge is -2.39. The number of carbonyl (C=O) groups excluding carboxylic acids is 1. The highest BCUT2D eigenvalue weighted by Crippen LogP contribution is 2.59. The topological polar surface area (TPSA) is 59.2 Å². The molecule has 0 fully saturated rings. The first-order chi connectivity index (χ1) is 13.4. The fourth-order valence-electron chi connectivity index (χ4n) is 3.77. The molecule has 2 aliphatic rings. The predicted octanol–water partition coefficient (Wildman–Crippen LogP) is 5.61. The Bertz CT molecular complexity index is 1170. The van der Waals surface area contributed by atoms with Crippen molar-refractivity contribution in [3.8, 4) is 5.75 Å². The summed E-state index contributed by atoms with van der Waals surface area (Å²) in [6.45, 7) is 0. The molecule has 2 aliphatic heterocycles. The molecule has 9 heteroatoms. The van der Waals surface area contributed by atoms with E-state index in [4.69, 9.17) is 4.74 Å². The Morgan fingerprint density at radius 2 is 1.86 bits per heavy atom. The van der Waals surface area contributed by atoms with E-state index in [1.807, 2.05) is 12.1 Å². The van der Waals surface area contributed by atoms with Gasteiger partial charge in [-0.1, -0.05) is 51.2 Å². The second-order valence-corrected chi connectivity index (χ2v) is 10.5. The van der Waals surface area contributed by atoms with Crippen LogP contribution in [0.25, 0.3) is 0 Å². The quantitative estimate of drug-likeness (QED) is 0.320. The number of halogens is 3. The van der Waals surface area contributed by atoms with Gasteiger partial charge in [-0.15, -0.1) is 0 Å². The molecule has 0 unspecified atom stereocenters. The number of hydrogen-bond acceptors (Lipinski definition) is 5. The molecule has 1 N–H and O–H groups in total. The first-order valence-electron chi connectivity index (χ1n) is 8.28. The van der Waals surface area contributed by atoms with Gasteiger partial charge in [-0.3, -0.25) is 9.59 Å². The van der Waals surface area contributed by atoms with Gasteiger partial charge < -0.3 is 9.72 Å². The van der Waals surface area contributed by atoms with Crippen molar-refractivity contribution in [1.82, 2.24) is 4.98 Å². The van der Waals surface area contributed by atoms with E-state index in [-0.39, 0.29) is 27.8 Å². The smallest absolute Gasteiger partial charge is 0.316 e. The number of esters is 1. The summed E-state index contributed by atoms with van der Waals surface area (Å²) < 4.78 is 20.7. The van der Waals surface area contributed by atoms with Crippen molar-refractivity contribution in [2.75, 3.05) is 0 Å². The zero-order valence-electron chi connectivity index (χ0n) is 13.9. The fourth-order valence-corrected chi connectivity index (χ4v) is 7.69. The van der Waals surface area contributed by atoms with Crippen LogP contribution in [-0.2, 0) is 4.79 Å². The lowest BCUT2D eigenvalue weighted by Crippen LogP contribution is -2.37. The maximum atomic E-state index is 13.4. The number of nitrogens with one attached hydrogen (secondary N) is 1. The van der Waals surface area contributed by atoms with Gasteiger partial charge >= 0.3 is 10.8 Å². The molecule has 4 nitrogen and oxygen atoms in total. The minimum atomic E-state index is -0.525. The second-order valence-electron chi connectivity index (χ2n) is 6.53. The van der Waals surface area contributed by atoms with Crippen LogP contribution in [0.5, 0.6) is 5.75 Å². The van der Waals surface area contributed by atoms with Crippen LogP contribution in [0.15, 0.2) is 55.2 Å². The van der Waals surface area contributed by atoms with E-state index in [2.05, 4.69) is 36.8 Å². The molecule has 0 aliphatic carbocycles. The summed E-state index contributed by atoms with van der Waals surface area (Å²) in [6, 6.07) is 9.87. The lowest BCUT2D eigenvalue weighted by molar-refractivity contribution is -0.141. The van der Waals surface area contributed by atoms with Crippen molar-refractivity contribution >= 4 is 60.9 Å². The first-order valence-corrected chi connectivity index (χ1v) is 11.6. The minimum absolute atomic E-state index is 0.162. The molecule has 1 aromatic heterocycles. The molecule has 3 atom stereocenters. The van der Waals surface area contributed by atoms with Gasteiger partial charge in [0, 0.05) is 20.8 Å². The zero-order valence-corrected chi connectivity index (χ0v) is 18.7. The number of rotatable bonds is 1. The zero-order chi connectivity index (χ0) is 19.6. The van der Waals surface area contributed by atoms with Crippen molar-refractivity contribution in [1.29, 1.82) is 0 Å². The van der Waals surface area contributed by atoms with Crippen LogP contribution in [0.2, 0.25) is 0 Å². The van der Waals surface area contributed by atoms with Gasteiger partial charge in [-0.25, -0.2) is 4.39 Å². The Labute approximate surface area is 183 Å². The molecule has 0 saturated carbocycles. The molecule has 142 valence electrons. The summed E-state index contributed by atoms with van der Waals surface area (Å²) in [7, 11) is 0. The maximum Gasteiger partial charge on any atom is 0.316 e. The number of thiazole rings is 1. The van der Waals surface area contributed by atoms with Crippen LogP contribution in [0.3, 0.4) is 0 Å². The molecule has 0 spiro atoms. The summed E-state index contributed by atoms with van der Waals surface area (Å²) in [4.78, 5) is 28.7. The largest absolute Gasteiger partial charge is 0.425 e. The standard InChI is InChI=1S/C19H10Br2FNO3S2/c20-8-5-10-12-13(18(24)26-14(10)11(21)6-8)15(7-1-3-9(22)4-2-7)27-17-16(12)28-19(25)23-17/h1-6,12-13,15H,(H,23,25)/t12-,13-,15+/m0/s1. The third kappa shape index (κ3) is 2.91. The highest BCUT2D eigenvalue weighted by molar-refractivity contribution is 9.11. The van der Waals surface area contributed by atoms with E-state index < -0.39 is 5.92 Å². The summed E-state index contributed by atoms with van der Waals surface area (Å²) >= 11 is 9.51. The van der Waals surface area contributed by atoms with Gasteiger partial charge in [0.15, 0.2) is 0 Å². The van der Waals surface area contributed by atoms with Crippen LogP contribution >= 0.6 is 55.0 Å². The molecule has 28 heavy (non-hydrogen) atoms. The van der Waals surface area contributed by atoms with Crippen molar-refractivity contribution in [2.45, 2.75) is 16.2 Å². The summed E-state index contributed by atoms with van der Waals surface area (Å²) in [6.07, 6.45) is 0. The van der Waals surface area contributed by atoms with E-state index in [0.29, 0.717) is 10.2 Å². The molecule has 3 heterocycles. The van der Waals surface area contributed by atoms with Crippen LogP contribution < -0.4 is 9.61 Å². The third-order valence-corrected chi connectivity index (χ3v) is 8.42. The van der Waals surface area contributed by atoms with Gasteiger partial charge in [0.1, 0.15) is 11.6 Å². The molecule has 5 rings (SSSR count). The van der Waals surface area contributed by atoms with E-state index >= 15 is 0 Å². The maximum absolute atomic E-state index is 13.4. The van der Waals surface area contributed by atoms with Crippen molar-refractivity contribution in [2.24, 2.45) is 5.92 Å². The Morgan fingerprint density at radius 1 is 1.11 bits per heavy atom. The fraction of sp³-hybridized carbons (Fsp3) is 0.158. The monoisotopic (exact) mass is 541 g/mol. The first kappa shape index (κ1) is 18.6. The molecule has 2 aromatic carbocycles. The molecule has 3 aromatic rings. The van der Waals surface area contributed by atoms with Crippen LogP contribution in [-0.4, -0.2) is 11.0 Å². The van der Waals surface area contributed by atoms with E-state index in [1.165, 1.54) is 23.9 Å². The molecule has 0 bridgehead atoms. The van der Waals surface area contributed by atoms with Crippen molar-refractivity contribution in [3.63, 3.8) is 0 Å². The number of thioether (sulfide) groups is 1. The van der Waals surface area contributed by atoms with Gasteiger partial charge in [-0.05, 0) is 45.8 Å². The minimum Gasteiger partial charge on any atom is -0.425 e. The van der Waals surface area contributed by atoms with E-state index in [9.17, 15) is 14.0 Å². The summed E-state index contributed by atoms with van der Waals surface area (Å²) in [5, 5.41) is 0.448. The Kier molecular flexibility index (Phi) is 4.53. The third-order valence-electron chi connectivity index (χ3n) is 4.90. The van der Waals surface area contributed by atoms with Crippen molar-refractivity contribution < 1.29 is 13.9 Å². The Morgan fingerprint density at radius 3 is 2.61 bits per heavy atom. The Balaban J connectivity index is 1.75. The molecular weight excluding hydrogens is 533 g/mol. The average Bonchev–Trinajstić information content (AvgIpc) is 3.02. The highest BCUT2D eigenvalue weighted by atomic mass is 79.9. The van der Waals surface area contributed by atoms with Crippen LogP contribution in [0.4, 0.5) is 4.39 Å². The number of H-pyrrole nitrogens is 1. The van der Waals surface area contributed by atoms with E-state index in [0.717, 1.165) is 36.8 Å². The SMILES string of the molecule is O=C1Oc2c(Br)cc(Br)cc2[C@@H]2c3sc(=O)[nH]c3S[C@H](c3ccc(F)cc3)[C@@H]12. The number of carbonyl (C=O) groups is 1. The van der Waals surface area contributed by atoms with Gasteiger partial charge in [0.05, 0.1) is 20.7 Å². The van der Waals surface area contributed by atoms with Gasteiger partial charge in [0.25, 0.3) is 0 Å². The number of aromatic nitrogens is 1. The molecule has 0 saturated heterocycles. The number of hydrogen-bond donors (Lipinski definition) is 1. The van der Waals surface area contributed by atoms with Crippen LogP contribution in [0.1, 0.15) is 27.2 Å². The summed E-state index contributed by atoms with van der Waals surface area (Å²) in [5.41, 5.74) is 1.66. The van der Waals surface area contributed by atoms with Gasteiger partial charge in [-0.2, -0.15) is 0 Å². The second kappa shape index (κ2) is 6.83. The van der Waals surface area contributed by atoms with Crippen LogP contribution in [0, 0.1) is 11.7 Å². The van der Waals surface area contributed by atoms with E-state index in [1.54, 1.807) is 12.1 Å². The van der Waals surface area contributed by atoms with Crippen molar-refractivity contribution in [3.05, 3.63) is 76.8 Å². The van der Waals surface area contributed by atoms with Gasteiger partial charge in [0.2, 0.25) is 0 Å². The number of ether oxygens (including phenoxy) is 1. The highest BCUT2D eigenvalue weighted by Gasteiger charge is 2.50. The predicted molar refractivity (Wildman–Crippen MR) is 113 cm³/mol. The number of aromatic amines is 1.